The number of nitrogens with one attached hydrogen (secondary N) is 2. The topological polar surface area (TPSA) is 171 Å². The number of hydrogen-bond acceptors (Lipinski definition) is 7. The number of guanidine groups is 1. The number of rotatable bonds is 9. The summed E-state index contributed by atoms with van der Waals surface area (Å²) in [4.78, 5) is 39.3. The summed E-state index contributed by atoms with van der Waals surface area (Å²) < 4.78 is 31.7. The van der Waals surface area contributed by atoms with Gasteiger partial charge in [0.15, 0.2) is 5.96 Å². The van der Waals surface area contributed by atoms with E-state index in [4.69, 9.17) is 15.6 Å². The number of hydrogen-bond donors (Lipinski definition) is 4. The van der Waals surface area contributed by atoms with E-state index in [9.17, 15) is 22.8 Å². The van der Waals surface area contributed by atoms with Crippen molar-refractivity contribution >= 4 is 29.5 Å². The molecule has 0 radical (unpaired) electrons. The van der Waals surface area contributed by atoms with Crippen LogP contribution in [0.5, 0.6) is 0 Å². The van der Waals surface area contributed by atoms with Crippen molar-refractivity contribution < 1.29 is 32.7 Å². The number of nitrogens with two attached hydrogens (primary N) is 1. The number of aryl methyl sites for hydroxylation is 2. The first kappa shape index (κ1) is 34.9. The lowest BCUT2D eigenvalue weighted by molar-refractivity contribution is -0.192. The van der Waals surface area contributed by atoms with Gasteiger partial charge >= 0.3 is 12.1 Å². The molecule has 1 aliphatic carbocycles. The van der Waals surface area contributed by atoms with Crippen molar-refractivity contribution in [2.75, 3.05) is 6.54 Å². The molecule has 2 amide bonds. The number of amides is 2. The number of carbonyl (C=O) groups excluding carboxylic acids is 2. The van der Waals surface area contributed by atoms with E-state index in [-0.39, 0.29) is 24.2 Å². The van der Waals surface area contributed by atoms with Crippen LogP contribution in [0.1, 0.15) is 66.3 Å². The number of nitrogens with zero attached hydrogens (tertiary/aromatic N) is 4. The fourth-order valence-electron chi connectivity index (χ4n) is 4.98. The summed E-state index contributed by atoms with van der Waals surface area (Å²) in [7, 11) is 0. The van der Waals surface area contributed by atoms with Gasteiger partial charge in [-0.05, 0) is 59.7 Å². The fourth-order valence-corrected chi connectivity index (χ4v) is 4.98. The van der Waals surface area contributed by atoms with Gasteiger partial charge in [-0.3, -0.25) is 14.9 Å². The van der Waals surface area contributed by atoms with Crippen LogP contribution in [0.3, 0.4) is 0 Å². The number of carboxylic acid groups (broad SMARTS) is 1. The molecule has 0 unspecified atom stereocenters. The van der Waals surface area contributed by atoms with Gasteiger partial charge in [-0.15, -0.1) is 5.10 Å². The van der Waals surface area contributed by atoms with E-state index in [1.807, 2.05) is 56.3 Å². The maximum atomic E-state index is 13.3. The van der Waals surface area contributed by atoms with Gasteiger partial charge in [-0.1, -0.05) is 68.5 Å². The Balaban J connectivity index is 0.000000707. The van der Waals surface area contributed by atoms with Crippen molar-refractivity contribution in [2.24, 2.45) is 32.1 Å². The van der Waals surface area contributed by atoms with Crippen LogP contribution in [0.4, 0.5) is 13.2 Å². The third-order valence-corrected chi connectivity index (χ3v) is 7.50. The summed E-state index contributed by atoms with van der Waals surface area (Å²) in [6.07, 6.45) is 1.45. The second-order valence-electron chi connectivity index (χ2n) is 11.1. The molecule has 0 aromatic heterocycles. The molecule has 45 heavy (non-hydrogen) atoms. The molecule has 2 aliphatic rings. The van der Waals surface area contributed by atoms with E-state index in [0.29, 0.717) is 25.4 Å². The molecule has 1 saturated carbocycles. The lowest BCUT2D eigenvalue weighted by Crippen LogP contribution is -2.42. The average molecular weight is 630 g/mol. The summed E-state index contributed by atoms with van der Waals surface area (Å²) in [5, 5.41) is 24.4. The number of alkyl halides is 3. The van der Waals surface area contributed by atoms with Crippen molar-refractivity contribution in [3.8, 4) is 0 Å². The van der Waals surface area contributed by atoms with Gasteiger partial charge in [0.25, 0.3) is 0 Å². The monoisotopic (exact) mass is 629 g/mol. The van der Waals surface area contributed by atoms with Crippen LogP contribution in [0.2, 0.25) is 0 Å². The summed E-state index contributed by atoms with van der Waals surface area (Å²) in [6.45, 7) is 4.87. The number of aliphatic imine (C=N–C) groups is 1. The number of benzene rings is 2. The molecule has 0 bridgehead atoms. The molecule has 1 aliphatic heterocycles. The zero-order valence-corrected chi connectivity index (χ0v) is 25.2. The summed E-state index contributed by atoms with van der Waals surface area (Å²) >= 11 is 0. The first-order chi connectivity index (χ1) is 21.3. The first-order valence-electron chi connectivity index (χ1n) is 14.6. The molecular formula is C31H38F3N7O4. The smallest absolute Gasteiger partial charge is 0.475 e. The van der Waals surface area contributed by atoms with Crippen LogP contribution in [0.25, 0.3) is 0 Å². The van der Waals surface area contributed by atoms with Crippen molar-refractivity contribution in [3.05, 3.63) is 70.3 Å². The molecule has 1 atom stereocenters. The van der Waals surface area contributed by atoms with Gasteiger partial charge in [-0.25, -0.2) is 9.79 Å². The molecule has 5 N–H and O–H groups in total. The molecule has 1 heterocycles. The SMILES string of the molecule is Cc1ccc(CC(=O)NC(N)=N[C@H](CC2CCCCC2)C(=O)NCc2cccc(C3=NN=NC3)c2)cc1C.O=C(O)C(F)(F)F. The second kappa shape index (κ2) is 16.5. The third kappa shape index (κ3) is 11.8. The average Bonchev–Trinajstić information content (AvgIpc) is 3.53. The maximum absolute atomic E-state index is 13.3. The first-order valence-corrected chi connectivity index (χ1v) is 14.6. The minimum Gasteiger partial charge on any atom is -0.475 e. The van der Waals surface area contributed by atoms with Crippen molar-refractivity contribution in [1.82, 2.24) is 10.6 Å². The zero-order chi connectivity index (χ0) is 33.0. The molecular weight excluding hydrogens is 591 g/mol. The van der Waals surface area contributed by atoms with E-state index < -0.39 is 18.2 Å². The zero-order valence-electron chi connectivity index (χ0n) is 25.2. The Bertz CT molecular complexity index is 1450. The minimum absolute atomic E-state index is 0.0245. The Morgan fingerprint density at radius 2 is 1.76 bits per heavy atom. The van der Waals surface area contributed by atoms with Crippen LogP contribution in [-0.2, 0) is 27.3 Å². The molecule has 0 saturated heterocycles. The Morgan fingerprint density at radius 3 is 2.38 bits per heavy atom. The molecule has 14 heteroatoms. The van der Waals surface area contributed by atoms with E-state index in [2.05, 4.69) is 31.1 Å². The minimum atomic E-state index is -5.08. The molecule has 4 rings (SSSR count). The lowest BCUT2D eigenvalue weighted by Gasteiger charge is -2.24. The molecule has 0 spiro atoms. The highest BCUT2D eigenvalue weighted by molar-refractivity contribution is 6.02. The van der Waals surface area contributed by atoms with Crippen molar-refractivity contribution in [2.45, 2.75) is 77.6 Å². The Labute approximate surface area is 259 Å². The molecule has 11 nitrogen and oxygen atoms in total. The highest BCUT2D eigenvalue weighted by Crippen LogP contribution is 2.28. The normalized spacial score (nSPS) is 15.8. The predicted molar refractivity (Wildman–Crippen MR) is 163 cm³/mol. The van der Waals surface area contributed by atoms with Crippen LogP contribution < -0.4 is 16.4 Å². The van der Waals surface area contributed by atoms with Crippen LogP contribution >= 0.6 is 0 Å². The Kier molecular flexibility index (Phi) is 12.7. The van der Waals surface area contributed by atoms with Crippen LogP contribution in [-0.4, -0.2) is 53.3 Å². The van der Waals surface area contributed by atoms with E-state index in [0.717, 1.165) is 40.8 Å². The number of carbonyl (C=O) groups is 3. The van der Waals surface area contributed by atoms with Crippen molar-refractivity contribution in [3.63, 3.8) is 0 Å². The Hall–Kier alpha value is -4.62. The van der Waals surface area contributed by atoms with E-state index >= 15 is 0 Å². The van der Waals surface area contributed by atoms with Gasteiger partial charge in [0.2, 0.25) is 11.8 Å². The number of carboxylic acids is 1. The van der Waals surface area contributed by atoms with Crippen LogP contribution in [0.15, 0.2) is 62.9 Å². The number of halogens is 3. The summed E-state index contributed by atoms with van der Waals surface area (Å²) in [5.41, 5.74) is 12.0. The standard InChI is InChI=1S/C29H37N7O2.C2HF3O2/c1-19-11-12-22(13-20(19)2)16-27(37)34-29(30)33-25(15-21-7-4-3-5-8-21)28(38)31-17-23-9-6-10-24(14-23)26-18-32-36-35-26;3-2(4,5)1(6)7/h6,9-14,21,25H,3-5,7-8,15-18H2,1-2H3,(H,31,38)(H3,30,33,34,37);(H,6,7)/t25-;/m1./s1. The Morgan fingerprint density at radius 1 is 1.04 bits per heavy atom. The third-order valence-electron chi connectivity index (χ3n) is 7.50. The van der Waals surface area contributed by atoms with E-state index in [1.54, 1.807) is 0 Å². The van der Waals surface area contributed by atoms with Crippen molar-refractivity contribution in [1.29, 1.82) is 0 Å². The number of aliphatic carboxylic acids is 1. The molecule has 1 fully saturated rings. The van der Waals surface area contributed by atoms with Gasteiger partial charge in [0.1, 0.15) is 12.6 Å². The maximum Gasteiger partial charge on any atom is 0.490 e. The van der Waals surface area contributed by atoms with Gasteiger partial charge < -0.3 is 16.2 Å². The highest BCUT2D eigenvalue weighted by atomic mass is 19.4. The summed E-state index contributed by atoms with van der Waals surface area (Å²) in [5.74, 6) is -2.82. The molecule has 2 aromatic carbocycles. The predicted octanol–water partition coefficient (Wildman–Crippen LogP) is 4.74. The van der Waals surface area contributed by atoms with E-state index in [1.165, 1.54) is 24.8 Å². The molecule has 2 aromatic rings. The second-order valence-corrected chi connectivity index (χ2v) is 11.1. The van der Waals surface area contributed by atoms with Crippen LogP contribution in [0, 0.1) is 19.8 Å². The lowest BCUT2D eigenvalue weighted by atomic mass is 9.84. The fraction of sp³-hybridized carbons (Fsp3) is 0.452. The van der Waals surface area contributed by atoms with Gasteiger partial charge in [0, 0.05) is 12.1 Å². The highest BCUT2D eigenvalue weighted by Gasteiger charge is 2.38. The summed E-state index contributed by atoms with van der Waals surface area (Å²) in [6, 6.07) is 13.1. The largest absolute Gasteiger partial charge is 0.490 e. The molecule has 242 valence electrons. The van der Waals surface area contributed by atoms with Gasteiger partial charge in [-0.2, -0.15) is 18.3 Å². The quantitative estimate of drug-likeness (QED) is 0.232. The van der Waals surface area contributed by atoms with Gasteiger partial charge in [0.05, 0.1) is 12.1 Å².